The van der Waals surface area contributed by atoms with Crippen LogP contribution in [0.2, 0.25) is 0 Å². The molecule has 26 heavy (non-hydrogen) atoms. The third-order valence-electron chi connectivity index (χ3n) is 3.53. The molecule has 0 amide bonds. The van der Waals surface area contributed by atoms with Crippen LogP contribution in [0.1, 0.15) is 16.9 Å². The molecule has 138 valence electrons. The molecule has 3 aromatic rings. The van der Waals surface area contributed by atoms with E-state index in [9.17, 15) is 13.2 Å². The quantitative estimate of drug-likeness (QED) is 0.668. The summed E-state index contributed by atoms with van der Waals surface area (Å²) in [6.07, 6.45) is -1.28. The predicted molar refractivity (Wildman–Crippen MR) is 87.4 cm³/mol. The summed E-state index contributed by atoms with van der Waals surface area (Å²) in [7, 11) is 0. The minimum absolute atomic E-state index is 0.0586. The maximum atomic E-state index is 12.2. The van der Waals surface area contributed by atoms with Gasteiger partial charge in [0.1, 0.15) is 11.5 Å². The summed E-state index contributed by atoms with van der Waals surface area (Å²) in [6.45, 7) is 1.44. The Kier molecular flexibility index (Phi) is 5.27. The predicted octanol–water partition coefficient (Wildman–Crippen LogP) is 3.60. The molecule has 0 saturated heterocycles. The Morgan fingerprint density at radius 1 is 1.23 bits per heavy atom. The van der Waals surface area contributed by atoms with Crippen LogP contribution in [0.25, 0.3) is 11.5 Å². The lowest BCUT2D eigenvalue weighted by Gasteiger charge is -2.10. The van der Waals surface area contributed by atoms with Crippen LogP contribution in [0.15, 0.2) is 41.1 Å². The Hall–Kier alpha value is -2.81. The molecule has 0 spiro atoms. The van der Waals surface area contributed by atoms with Gasteiger partial charge < -0.3 is 14.5 Å². The van der Waals surface area contributed by atoms with Gasteiger partial charge in [0, 0.05) is 30.9 Å². The van der Waals surface area contributed by atoms with E-state index in [-0.39, 0.29) is 5.88 Å². The highest BCUT2D eigenvalue weighted by molar-refractivity contribution is 5.56. The minimum Gasteiger partial charge on any atom is -0.468 e. The fourth-order valence-electron chi connectivity index (χ4n) is 2.36. The van der Waals surface area contributed by atoms with Crippen LogP contribution in [-0.4, -0.2) is 28.0 Å². The van der Waals surface area contributed by atoms with Crippen molar-refractivity contribution in [3.05, 3.63) is 53.5 Å². The van der Waals surface area contributed by atoms with E-state index in [0.29, 0.717) is 18.8 Å². The molecule has 3 heterocycles. The van der Waals surface area contributed by atoms with Gasteiger partial charge in [0.2, 0.25) is 5.88 Å². The molecule has 0 unspecified atom stereocenters. The highest BCUT2D eigenvalue weighted by Crippen LogP contribution is 2.23. The maximum Gasteiger partial charge on any atom is 0.422 e. The zero-order valence-corrected chi connectivity index (χ0v) is 13.9. The van der Waals surface area contributed by atoms with E-state index in [1.807, 2.05) is 19.1 Å². The summed E-state index contributed by atoms with van der Waals surface area (Å²) in [5.41, 5.74) is 2.47. The summed E-state index contributed by atoms with van der Waals surface area (Å²) < 4.78 is 46.8. The molecular weight excluding hydrogens is 349 g/mol. The third-order valence-corrected chi connectivity index (χ3v) is 3.53. The highest BCUT2D eigenvalue weighted by Gasteiger charge is 2.28. The van der Waals surface area contributed by atoms with Crippen LogP contribution >= 0.6 is 0 Å². The van der Waals surface area contributed by atoms with Crippen molar-refractivity contribution in [1.82, 2.24) is 20.5 Å². The summed E-state index contributed by atoms with van der Waals surface area (Å²) in [5, 5.41) is 10.2. The topological polar surface area (TPSA) is 76.0 Å². The molecule has 0 fully saturated rings. The summed E-state index contributed by atoms with van der Waals surface area (Å²) in [6, 6.07) is 6.91. The monoisotopic (exact) mass is 366 g/mol. The van der Waals surface area contributed by atoms with Gasteiger partial charge in [-0.1, -0.05) is 0 Å². The van der Waals surface area contributed by atoms with Crippen molar-refractivity contribution < 1.29 is 22.3 Å². The number of aryl methyl sites for hydroxylation is 1. The lowest BCUT2D eigenvalue weighted by molar-refractivity contribution is -0.154. The summed E-state index contributed by atoms with van der Waals surface area (Å²) in [5.74, 6) is 1.44. The van der Waals surface area contributed by atoms with Gasteiger partial charge in [-0.3, -0.25) is 5.10 Å². The first-order valence-electron chi connectivity index (χ1n) is 7.85. The number of pyridine rings is 1. The molecule has 0 bridgehead atoms. The number of alkyl halides is 3. The van der Waals surface area contributed by atoms with Gasteiger partial charge >= 0.3 is 6.18 Å². The number of hydrogen-bond donors (Lipinski definition) is 2. The number of nitrogens with zero attached hydrogens (tertiary/aromatic N) is 2. The zero-order chi connectivity index (χ0) is 18.6. The maximum absolute atomic E-state index is 12.2. The number of hydrogen-bond acceptors (Lipinski definition) is 5. The van der Waals surface area contributed by atoms with Crippen molar-refractivity contribution >= 4 is 0 Å². The van der Waals surface area contributed by atoms with Crippen molar-refractivity contribution in [2.45, 2.75) is 26.2 Å². The normalized spacial score (nSPS) is 11.7. The Balaban J connectivity index is 1.57. The number of furan rings is 1. The second kappa shape index (κ2) is 7.61. The van der Waals surface area contributed by atoms with Gasteiger partial charge in [-0.15, -0.1) is 0 Å². The molecular formula is C17H17F3N4O2. The average molecular weight is 366 g/mol. The number of aromatic nitrogens is 3. The first-order chi connectivity index (χ1) is 12.4. The van der Waals surface area contributed by atoms with Gasteiger partial charge in [-0.25, -0.2) is 4.98 Å². The Bertz CT molecular complexity index is 858. The van der Waals surface area contributed by atoms with Crippen LogP contribution in [0.4, 0.5) is 13.2 Å². The molecule has 9 heteroatoms. The lowest BCUT2D eigenvalue weighted by atomic mass is 10.2. The van der Waals surface area contributed by atoms with E-state index in [4.69, 9.17) is 4.42 Å². The highest BCUT2D eigenvalue weighted by atomic mass is 19.4. The van der Waals surface area contributed by atoms with Gasteiger partial charge in [0.15, 0.2) is 12.4 Å². The Morgan fingerprint density at radius 2 is 2.08 bits per heavy atom. The molecule has 6 nitrogen and oxygen atoms in total. The van der Waals surface area contributed by atoms with E-state index >= 15 is 0 Å². The molecule has 0 aliphatic carbocycles. The minimum atomic E-state index is -4.39. The number of ether oxygens (including phenoxy) is 1. The van der Waals surface area contributed by atoms with Crippen molar-refractivity contribution in [2.24, 2.45) is 0 Å². The van der Waals surface area contributed by atoms with Crippen LogP contribution in [-0.2, 0) is 13.1 Å². The van der Waals surface area contributed by atoms with Gasteiger partial charge in [0.25, 0.3) is 0 Å². The van der Waals surface area contributed by atoms with Crippen molar-refractivity contribution in [2.75, 3.05) is 6.61 Å². The first kappa shape index (κ1) is 18.0. The first-order valence-corrected chi connectivity index (χ1v) is 7.85. The number of rotatable bonds is 7. The van der Waals surface area contributed by atoms with Crippen LogP contribution in [0.3, 0.4) is 0 Å². The van der Waals surface area contributed by atoms with Crippen molar-refractivity contribution in [3.8, 4) is 17.3 Å². The van der Waals surface area contributed by atoms with Gasteiger partial charge in [-0.05, 0) is 30.7 Å². The molecule has 0 aromatic carbocycles. The number of halogens is 3. The molecule has 0 aliphatic rings. The smallest absolute Gasteiger partial charge is 0.422 e. The van der Waals surface area contributed by atoms with E-state index in [2.05, 4.69) is 25.2 Å². The lowest BCUT2D eigenvalue weighted by Crippen LogP contribution is -2.20. The van der Waals surface area contributed by atoms with Crippen LogP contribution < -0.4 is 10.1 Å². The molecule has 0 radical (unpaired) electrons. The molecule has 3 aromatic heterocycles. The van der Waals surface area contributed by atoms with Gasteiger partial charge in [0.05, 0.1) is 6.20 Å². The summed E-state index contributed by atoms with van der Waals surface area (Å²) in [4.78, 5) is 3.78. The van der Waals surface area contributed by atoms with E-state index in [1.54, 1.807) is 12.3 Å². The Labute approximate surface area is 147 Å². The third kappa shape index (κ3) is 4.85. The molecule has 2 N–H and O–H groups in total. The Morgan fingerprint density at radius 3 is 2.81 bits per heavy atom. The largest absolute Gasteiger partial charge is 0.468 e. The SMILES string of the molecule is Cc1ccc(-c2[nH]ncc2CNCc2ccnc(OCC(F)(F)F)c2)o1. The number of nitrogens with one attached hydrogen (secondary N) is 2. The molecule has 0 atom stereocenters. The van der Waals surface area contributed by atoms with Crippen LogP contribution in [0, 0.1) is 6.92 Å². The summed E-state index contributed by atoms with van der Waals surface area (Å²) >= 11 is 0. The zero-order valence-electron chi connectivity index (χ0n) is 13.9. The number of H-pyrrole nitrogens is 1. The van der Waals surface area contributed by atoms with Crippen LogP contribution in [0.5, 0.6) is 5.88 Å². The van der Waals surface area contributed by atoms with E-state index in [1.165, 1.54) is 12.3 Å². The van der Waals surface area contributed by atoms with E-state index in [0.717, 1.165) is 22.6 Å². The van der Waals surface area contributed by atoms with Crippen molar-refractivity contribution in [1.29, 1.82) is 0 Å². The number of aromatic amines is 1. The molecule has 0 aliphatic heterocycles. The van der Waals surface area contributed by atoms with E-state index < -0.39 is 12.8 Å². The van der Waals surface area contributed by atoms with Crippen molar-refractivity contribution in [3.63, 3.8) is 0 Å². The fourth-order valence-corrected chi connectivity index (χ4v) is 2.36. The second-order valence-electron chi connectivity index (χ2n) is 5.69. The fraction of sp³-hybridized carbons (Fsp3) is 0.294. The molecule has 3 rings (SSSR count). The average Bonchev–Trinajstić information content (AvgIpc) is 3.21. The standard InChI is InChI=1S/C17H17F3N4O2/c1-11-2-3-14(26-11)16-13(9-23-24-16)8-21-7-12-4-5-22-15(6-12)25-10-17(18,19)20/h2-6,9,21H,7-8,10H2,1H3,(H,23,24). The molecule has 0 saturated carbocycles. The second-order valence-corrected chi connectivity index (χ2v) is 5.69. The van der Waals surface area contributed by atoms with Gasteiger partial charge in [-0.2, -0.15) is 18.3 Å².